The molecule has 0 radical (unpaired) electrons. The van der Waals surface area contributed by atoms with Crippen molar-refractivity contribution in [2.75, 3.05) is 5.32 Å². The highest BCUT2D eigenvalue weighted by Crippen LogP contribution is 2.36. The molecule has 2 aliphatic heterocycles. The molecule has 0 spiro atoms. The Hall–Kier alpha value is -3.42. The highest BCUT2D eigenvalue weighted by atomic mass is 35.5. The zero-order valence-corrected chi connectivity index (χ0v) is 21.5. The number of carbonyl (C=O) groups is 2. The number of hydrogen-bond acceptors (Lipinski definition) is 5. The number of fused-ring (bicyclic) bond motifs is 3. The number of para-hydroxylation sites is 1. The summed E-state index contributed by atoms with van der Waals surface area (Å²) in [5, 5.41) is 3.55. The molecule has 1 N–H and O–H groups in total. The van der Waals surface area contributed by atoms with E-state index in [0.717, 1.165) is 22.4 Å². The van der Waals surface area contributed by atoms with E-state index in [4.69, 9.17) is 21.6 Å². The molecule has 6 nitrogen and oxygen atoms in total. The summed E-state index contributed by atoms with van der Waals surface area (Å²) in [6.07, 6.45) is 1.06. The summed E-state index contributed by atoms with van der Waals surface area (Å²) in [7, 11) is 0. The van der Waals surface area contributed by atoms with Crippen LogP contribution in [0.3, 0.4) is 0 Å². The van der Waals surface area contributed by atoms with Gasteiger partial charge in [0.05, 0.1) is 10.9 Å². The Labute approximate surface area is 219 Å². The molecule has 3 aromatic carbocycles. The van der Waals surface area contributed by atoms with Gasteiger partial charge in [0.2, 0.25) is 5.91 Å². The molecule has 3 aromatic rings. The van der Waals surface area contributed by atoms with Gasteiger partial charge in [0, 0.05) is 22.7 Å². The average molecular weight is 517 g/mol. The molecular weight excluding hydrogens is 492 g/mol. The Balaban J connectivity index is 1.41. The number of halogens is 1. The molecule has 5 rings (SSSR count). The van der Waals surface area contributed by atoms with Crippen LogP contribution in [0.2, 0.25) is 5.02 Å². The summed E-state index contributed by atoms with van der Waals surface area (Å²) in [4.78, 5) is 37.9. The van der Waals surface area contributed by atoms with E-state index in [1.165, 1.54) is 11.8 Å². The Morgan fingerprint density at radius 1 is 1.11 bits per heavy atom. The summed E-state index contributed by atoms with van der Waals surface area (Å²) in [5.74, 6) is 0.291. The quantitative estimate of drug-likeness (QED) is 0.436. The van der Waals surface area contributed by atoms with Crippen molar-refractivity contribution in [1.29, 1.82) is 0 Å². The highest BCUT2D eigenvalue weighted by Gasteiger charge is 2.42. The summed E-state index contributed by atoms with van der Waals surface area (Å²) in [6.45, 7) is 3.85. The van der Waals surface area contributed by atoms with Crippen LogP contribution in [-0.4, -0.2) is 39.0 Å². The molecule has 0 saturated carbocycles. The van der Waals surface area contributed by atoms with E-state index < -0.39 is 11.3 Å². The van der Waals surface area contributed by atoms with Crippen molar-refractivity contribution in [1.82, 2.24) is 4.90 Å². The first-order valence-electron chi connectivity index (χ1n) is 11.8. The van der Waals surface area contributed by atoms with Crippen LogP contribution in [0.15, 0.2) is 82.8 Å². The molecule has 8 heteroatoms. The maximum Gasteiger partial charge on any atom is 0.259 e. The zero-order valence-electron chi connectivity index (χ0n) is 19.9. The van der Waals surface area contributed by atoms with Gasteiger partial charge in [0.25, 0.3) is 5.91 Å². The topological polar surface area (TPSA) is 74.1 Å². The predicted molar refractivity (Wildman–Crippen MR) is 147 cm³/mol. The Morgan fingerprint density at radius 3 is 2.61 bits per heavy atom. The molecule has 36 heavy (non-hydrogen) atoms. The molecule has 0 bridgehead atoms. The van der Waals surface area contributed by atoms with E-state index in [1.807, 2.05) is 80.6 Å². The monoisotopic (exact) mass is 516 g/mol. The fourth-order valence-corrected chi connectivity index (χ4v) is 5.39. The maximum absolute atomic E-state index is 13.6. The van der Waals surface area contributed by atoms with Crippen molar-refractivity contribution in [3.63, 3.8) is 0 Å². The van der Waals surface area contributed by atoms with Gasteiger partial charge in [-0.1, -0.05) is 78.8 Å². The number of nitrogens with zero attached hydrogens (tertiary/aromatic N) is 3. The lowest BCUT2D eigenvalue weighted by molar-refractivity contribution is -0.124. The number of anilines is 1. The van der Waals surface area contributed by atoms with E-state index >= 15 is 0 Å². The second kappa shape index (κ2) is 10.3. The van der Waals surface area contributed by atoms with Crippen LogP contribution >= 0.6 is 23.4 Å². The fraction of sp³-hybridized carbons (Fsp3) is 0.214. The van der Waals surface area contributed by atoms with Crippen LogP contribution < -0.4 is 5.32 Å². The Bertz CT molecular complexity index is 1390. The number of aryl methyl sites for hydroxylation is 1. The second-order valence-electron chi connectivity index (χ2n) is 8.71. The van der Waals surface area contributed by atoms with Gasteiger partial charge in [-0.05, 0) is 48.7 Å². The van der Waals surface area contributed by atoms with Crippen molar-refractivity contribution < 1.29 is 9.59 Å². The first-order chi connectivity index (χ1) is 17.4. The van der Waals surface area contributed by atoms with Gasteiger partial charge in [0.15, 0.2) is 5.17 Å². The number of amidine groups is 2. The molecule has 0 unspecified atom stereocenters. The van der Waals surface area contributed by atoms with Crippen molar-refractivity contribution in [2.24, 2.45) is 9.98 Å². The minimum atomic E-state index is -0.539. The Morgan fingerprint density at radius 2 is 1.86 bits per heavy atom. The van der Waals surface area contributed by atoms with E-state index in [-0.39, 0.29) is 11.8 Å². The molecule has 2 heterocycles. The third kappa shape index (κ3) is 4.81. The zero-order chi connectivity index (χ0) is 25.2. The van der Waals surface area contributed by atoms with Gasteiger partial charge in [-0.25, -0.2) is 9.89 Å². The Kier molecular flexibility index (Phi) is 6.94. The van der Waals surface area contributed by atoms with Gasteiger partial charge in [-0.15, -0.1) is 0 Å². The van der Waals surface area contributed by atoms with E-state index in [1.54, 1.807) is 11.0 Å². The van der Waals surface area contributed by atoms with Crippen LogP contribution in [0.1, 0.15) is 30.0 Å². The minimum Gasteiger partial charge on any atom is -0.325 e. The number of rotatable bonds is 6. The molecule has 2 aliphatic rings. The van der Waals surface area contributed by atoms with Crippen LogP contribution in [0, 0.1) is 6.92 Å². The van der Waals surface area contributed by atoms with Crippen molar-refractivity contribution in [2.45, 2.75) is 38.0 Å². The summed E-state index contributed by atoms with van der Waals surface area (Å²) in [5.41, 5.74) is 4.17. The molecule has 0 aromatic heterocycles. The number of benzene rings is 3. The second-order valence-corrected chi connectivity index (χ2v) is 10.3. The van der Waals surface area contributed by atoms with Crippen LogP contribution in [0.5, 0.6) is 0 Å². The van der Waals surface area contributed by atoms with Gasteiger partial charge >= 0.3 is 0 Å². The van der Waals surface area contributed by atoms with E-state index in [9.17, 15) is 9.59 Å². The smallest absolute Gasteiger partial charge is 0.259 e. The first kappa shape index (κ1) is 24.3. The molecule has 0 saturated heterocycles. The van der Waals surface area contributed by atoms with Gasteiger partial charge in [0.1, 0.15) is 11.9 Å². The minimum absolute atomic E-state index is 0.129. The van der Waals surface area contributed by atoms with E-state index in [2.05, 4.69) is 5.32 Å². The summed E-state index contributed by atoms with van der Waals surface area (Å²) in [6, 6.07) is 22.4. The van der Waals surface area contributed by atoms with Crippen LogP contribution in [0.25, 0.3) is 0 Å². The van der Waals surface area contributed by atoms with Crippen molar-refractivity contribution >= 4 is 57.6 Å². The molecule has 182 valence electrons. The van der Waals surface area contributed by atoms with E-state index in [0.29, 0.717) is 34.6 Å². The molecule has 0 aliphatic carbocycles. The van der Waals surface area contributed by atoms with Crippen LogP contribution in [-0.2, 0) is 16.0 Å². The number of aliphatic imine (C=N–C) groups is 2. The number of thioether (sulfide) groups is 1. The number of carbonyl (C=O) groups excluding carboxylic acids is 2. The SMILES string of the molecule is CC[C@@H](SC1=Nc2ccccc2C2=N[C@@H](Cc3ccccc3)C(=O)N12)C(=O)Nc1ccc(C)c(Cl)c1. The average Bonchev–Trinajstić information content (AvgIpc) is 3.21. The third-order valence-electron chi connectivity index (χ3n) is 6.17. The standard InChI is InChI=1S/C28H25ClN4O2S/c1-3-24(26(34)30-19-14-13-17(2)21(29)16-19)36-28-32-22-12-8-7-11-20(22)25-31-23(27(35)33(25)28)15-18-9-5-4-6-10-18/h4-14,16,23-24H,3,15H2,1-2H3,(H,30,34)/t23-,24+/m0/s1. The summed E-state index contributed by atoms with van der Waals surface area (Å²) < 4.78 is 0. The van der Waals surface area contributed by atoms with Crippen molar-refractivity contribution in [3.8, 4) is 0 Å². The number of nitrogens with one attached hydrogen (secondary N) is 1. The lowest BCUT2D eigenvalue weighted by atomic mass is 10.1. The number of hydrogen-bond donors (Lipinski definition) is 1. The largest absolute Gasteiger partial charge is 0.325 e. The predicted octanol–water partition coefficient (Wildman–Crippen LogP) is 6.00. The highest BCUT2D eigenvalue weighted by molar-refractivity contribution is 8.15. The maximum atomic E-state index is 13.6. The number of amides is 2. The molecular formula is C28H25ClN4O2S. The normalized spacial score (nSPS) is 17.1. The molecule has 2 atom stereocenters. The molecule has 0 fully saturated rings. The lowest BCUT2D eigenvalue weighted by Gasteiger charge is -2.27. The third-order valence-corrected chi connectivity index (χ3v) is 7.89. The fourth-order valence-electron chi connectivity index (χ4n) is 4.19. The molecule has 2 amide bonds. The van der Waals surface area contributed by atoms with Gasteiger partial charge in [-0.3, -0.25) is 14.6 Å². The van der Waals surface area contributed by atoms with Gasteiger partial charge in [-0.2, -0.15) is 0 Å². The van der Waals surface area contributed by atoms with Crippen molar-refractivity contribution in [3.05, 3.63) is 94.5 Å². The lowest BCUT2D eigenvalue weighted by Crippen LogP contribution is -2.42. The van der Waals surface area contributed by atoms with Crippen LogP contribution in [0.4, 0.5) is 11.4 Å². The first-order valence-corrected chi connectivity index (χ1v) is 13.1. The summed E-state index contributed by atoms with van der Waals surface area (Å²) >= 11 is 7.51. The van der Waals surface area contributed by atoms with Gasteiger partial charge < -0.3 is 5.32 Å².